The molecule has 1 N–H and O–H groups in total. The van der Waals surface area contributed by atoms with Gasteiger partial charge >= 0.3 is 6.61 Å². The number of carbonyl (C=O) groups is 1. The first-order chi connectivity index (χ1) is 12.8. The van der Waals surface area contributed by atoms with Gasteiger partial charge in [0.25, 0.3) is 5.69 Å². The molecule has 144 valence electrons. The number of Topliss-reactive ketones (excluding diaryl/α,β-unsaturated/α-hetero) is 1. The van der Waals surface area contributed by atoms with Gasteiger partial charge in [-0.3, -0.25) is 14.9 Å². The molecule has 0 spiro atoms. The van der Waals surface area contributed by atoms with Crippen molar-refractivity contribution in [3.8, 4) is 11.5 Å². The Morgan fingerprint density at radius 1 is 1.22 bits per heavy atom. The zero-order valence-electron chi connectivity index (χ0n) is 14.7. The fraction of sp³-hybridized carbons (Fsp3) is 0.278. The summed E-state index contributed by atoms with van der Waals surface area (Å²) in [5, 5.41) is 14.2. The van der Waals surface area contributed by atoms with E-state index in [9.17, 15) is 23.7 Å². The standard InChI is InChI=1S/C18H18F2N2O5/c1-3-26-17-8-12(4-7-16(17)27-18(19)20)10-21-14-6-5-13(11(2)23)9-15(14)22(24)25/h4-9,18,21H,3,10H2,1-2H3. The van der Waals surface area contributed by atoms with E-state index >= 15 is 0 Å². The van der Waals surface area contributed by atoms with Crippen molar-refractivity contribution in [2.75, 3.05) is 11.9 Å². The number of ketones is 1. The fourth-order valence-electron chi connectivity index (χ4n) is 2.37. The third-order valence-corrected chi connectivity index (χ3v) is 3.61. The van der Waals surface area contributed by atoms with Gasteiger partial charge in [-0.2, -0.15) is 8.78 Å². The van der Waals surface area contributed by atoms with Crippen LogP contribution in [0.2, 0.25) is 0 Å². The fourth-order valence-corrected chi connectivity index (χ4v) is 2.37. The maximum Gasteiger partial charge on any atom is 0.387 e. The van der Waals surface area contributed by atoms with Crippen molar-refractivity contribution in [3.63, 3.8) is 0 Å². The second-order valence-electron chi connectivity index (χ2n) is 5.49. The van der Waals surface area contributed by atoms with Gasteiger partial charge in [-0.25, -0.2) is 0 Å². The highest BCUT2D eigenvalue weighted by molar-refractivity contribution is 5.95. The van der Waals surface area contributed by atoms with E-state index in [1.54, 1.807) is 13.0 Å². The minimum atomic E-state index is -2.98. The van der Waals surface area contributed by atoms with E-state index in [1.165, 1.54) is 37.3 Å². The molecule has 0 aliphatic carbocycles. The summed E-state index contributed by atoms with van der Waals surface area (Å²) in [6.07, 6.45) is 0. The van der Waals surface area contributed by atoms with Crippen molar-refractivity contribution in [2.45, 2.75) is 27.0 Å². The Labute approximate surface area is 154 Å². The lowest BCUT2D eigenvalue weighted by Gasteiger charge is -2.13. The number of nitrogens with zero attached hydrogens (tertiary/aromatic N) is 1. The first kappa shape index (κ1) is 20.1. The van der Waals surface area contributed by atoms with Crippen LogP contribution in [-0.4, -0.2) is 23.9 Å². The Balaban J connectivity index is 2.22. The summed E-state index contributed by atoms with van der Waals surface area (Å²) in [5.74, 6) is -0.216. The number of alkyl halides is 2. The Kier molecular flexibility index (Phi) is 6.64. The molecule has 27 heavy (non-hydrogen) atoms. The molecule has 0 saturated heterocycles. The normalized spacial score (nSPS) is 10.6. The molecule has 0 atom stereocenters. The molecule has 7 nitrogen and oxygen atoms in total. The van der Waals surface area contributed by atoms with Crippen LogP contribution in [0.4, 0.5) is 20.2 Å². The molecule has 9 heteroatoms. The van der Waals surface area contributed by atoms with Gasteiger partial charge in [-0.1, -0.05) is 6.07 Å². The van der Waals surface area contributed by atoms with Crippen LogP contribution in [-0.2, 0) is 6.54 Å². The lowest BCUT2D eigenvalue weighted by atomic mass is 10.1. The van der Waals surface area contributed by atoms with Gasteiger partial charge in [0, 0.05) is 18.2 Å². The SMILES string of the molecule is CCOc1cc(CNc2ccc(C(C)=O)cc2[N+](=O)[O-])ccc1OC(F)F. The van der Waals surface area contributed by atoms with Gasteiger partial charge in [0.1, 0.15) is 5.69 Å². The molecule has 0 bridgehead atoms. The highest BCUT2D eigenvalue weighted by atomic mass is 19.3. The Hall–Kier alpha value is -3.23. The molecular formula is C18H18F2N2O5. The summed E-state index contributed by atoms with van der Waals surface area (Å²) < 4.78 is 34.6. The van der Waals surface area contributed by atoms with Crippen molar-refractivity contribution in [1.29, 1.82) is 0 Å². The number of hydrogen-bond donors (Lipinski definition) is 1. The van der Waals surface area contributed by atoms with Crippen LogP contribution in [0.5, 0.6) is 11.5 Å². The average Bonchev–Trinajstić information content (AvgIpc) is 2.61. The Morgan fingerprint density at radius 2 is 1.96 bits per heavy atom. The third kappa shape index (κ3) is 5.37. The predicted octanol–water partition coefficient (Wildman–Crippen LogP) is 4.41. The monoisotopic (exact) mass is 380 g/mol. The van der Waals surface area contributed by atoms with Crippen LogP contribution < -0.4 is 14.8 Å². The van der Waals surface area contributed by atoms with Crippen LogP contribution in [0.3, 0.4) is 0 Å². The number of benzene rings is 2. The number of nitro benzene ring substituents is 1. The molecule has 0 aliphatic rings. The number of nitrogens with one attached hydrogen (secondary N) is 1. The summed E-state index contributed by atoms with van der Waals surface area (Å²) in [6, 6.07) is 8.56. The highest BCUT2D eigenvalue weighted by Crippen LogP contribution is 2.31. The molecule has 2 rings (SSSR count). The second kappa shape index (κ2) is 8.93. The van der Waals surface area contributed by atoms with E-state index in [0.717, 1.165) is 0 Å². The lowest BCUT2D eigenvalue weighted by Crippen LogP contribution is -2.07. The van der Waals surface area contributed by atoms with E-state index < -0.39 is 11.5 Å². The molecule has 2 aromatic carbocycles. The predicted molar refractivity (Wildman–Crippen MR) is 94.7 cm³/mol. The molecule has 0 heterocycles. The summed E-state index contributed by atoms with van der Waals surface area (Å²) in [5.41, 5.74) is 0.880. The van der Waals surface area contributed by atoms with Crippen molar-refractivity contribution in [2.24, 2.45) is 0 Å². The van der Waals surface area contributed by atoms with Gasteiger partial charge < -0.3 is 14.8 Å². The number of anilines is 1. The van der Waals surface area contributed by atoms with Gasteiger partial charge in [-0.15, -0.1) is 0 Å². The first-order valence-corrected chi connectivity index (χ1v) is 8.05. The summed E-state index contributed by atoms with van der Waals surface area (Å²) in [6.45, 7) is 0.487. The van der Waals surface area contributed by atoms with Crippen molar-refractivity contribution < 1.29 is 28.0 Å². The van der Waals surface area contributed by atoms with Crippen molar-refractivity contribution >= 4 is 17.2 Å². The summed E-state index contributed by atoms with van der Waals surface area (Å²) >= 11 is 0. The molecule has 0 unspecified atom stereocenters. The molecule has 0 aromatic heterocycles. The maximum absolute atomic E-state index is 12.4. The molecule has 0 aliphatic heterocycles. The molecule has 0 fully saturated rings. The zero-order chi connectivity index (χ0) is 20.0. The van der Waals surface area contributed by atoms with E-state index in [1.807, 2.05) is 0 Å². The zero-order valence-corrected chi connectivity index (χ0v) is 14.7. The van der Waals surface area contributed by atoms with Crippen molar-refractivity contribution in [1.82, 2.24) is 0 Å². The quantitative estimate of drug-likeness (QED) is 0.394. The minimum absolute atomic E-state index is 0.0904. The highest BCUT2D eigenvalue weighted by Gasteiger charge is 2.17. The number of rotatable bonds is 9. The van der Waals surface area contributed by atoms with Crippen LogP contribution >= 0.6 is 0 Å². The molecule has 0 radical (unpaired) electrons. The number of nitro groups is 1. The topological polar surface area (TPSA) is 90.7 Å². The average molecular weight is 380 g/mol. The van der Waals surface area contributed by atoms with E-state index in [4.69, 9.17) is 4.74 Å². The van der Waals surface area contributed by atoms with Crippen LogP contribution in [0.25, 0.3) is 0 Å². The summed E-state index contributed by atoms with van der Waals surface area (Å²) in [7, 11) is 0. The largest absolute Gasteiger partial charge is 0.490 e. The van der Waals surface area contributed by atoms with Gasteiger partial charge in [0.05, 0.1) is 11.5 Å². The Bertz CT molecular complexity index is 842. The minimum Gasteiger partial charge on any atom is -0.490 e. The molecule has 0 amide bonds. The molecular weight excluding hydrogens is 362 g/mol. The molecule has 2 aromatic rings. The number of hydrogen-bond acceptors (Lipinski definition) is 6. The molecule has 0 saturated carbocycles. The van der Waals surface area contributed by atoms with Gasteiger partial charge in [-0.05, 0) is 43.7 Å². The Morgan fingerprint density at radius 3 is 2.56 bits per heavy atom. The van der Waals surface area contributed by atoms with Crippen molar-refractivity contribution in [3.05, 3.63) is 57.6 Å². The van der Waals surface area contributed by atoms with E-state index in [-0.39, 0.29) is 47.4 Å². The number of carbonyl (C=O) groups excluding carboxylic acids is 1. The first-order valence-electron chi connectivity index (χ1n) is 8.05. The third-order valence-electron chi connectivity index (χ3n) is 3.61. The number of ether oxygens (including phenoxy) is 2. The lowest BCUT2D eigenvalue weighted by molar-refractivity contribution is -0.384. The van der Waals surface area contributed by atoms with Crippen LogP contribution in [0.1, 0.15) is 29.8 Å². The van der Waals surface area contributed by atoms with Gasteiger partial charge in [0.2, 0.25) is 0 Å². The van der Waals surface area contributed by atoms with Gasteiger partial charge in [0.15, 0.2) is 17.3 Å². The van der Waals surface area contributed by atoms with Crippen LogP contribution in [0, 0.1) is 10.1 Å². The smallest absolute Gasteiger partial charge is 0.387 e. The maximum atomic E-state index is 12.4. The van der Waals surface area contributed by atoms with Crippen LogP contribution in [0.15, 0.2) is 36.4 Å². The van der Waals surface area contributed by atoms with E-state index in [2.05, 4.69) is 10.1 Å². The summed E-state index contributed by atoms with van der Waals surface area (Å²) in [4.78, 5) is 22.1. The van der Waals surface area contributed by atoms with E-state index in [0.29, 0.717) is 5.56 Å². The number of halogens is 2. The second-order valence-corrected chi connectivity index (χ2v) is 5.49.